The van der Waals surface area contributed by atoms with E-state index < -0.39 is 0 Å². The summed E-state index contributed by atoms with van der Waals surface area (Å²) in [5.74, 6) is 1.15. The van der Waals surface area contributed by atoms with Crippen LogP contribution in [0.1, 0.15) is 25.1 Å². The van der Waals surface area contributed by atoms with Crippen LogP contribution in [0.2, 0.25) is 0 Å². The Morgan fingerprint density at radius 2 is 1.70 bits per heavy atom. The lowest BCUT2D eigenvalue weighted by molar-refractivity contribution is 0.141. The third-order valence-corrected chi connectivity index (χ3v) is 3.73. The van der Waals surface area contributed by atoms with E-state index in [9.17, 15) is 0 Å². The van der Waals surface area contributed by atoms with Crippen LogP contribution in [0, 0.1) is 6.92 Å². The molecular weight excluding hydrogens is 322 g/mol. The zero-order valence-corrected chi connectivity index (χ0v) is 14.6. The maximum absolute atomic E-state index is 5.49. The molecule has 1 rings (SSSR count). The zero-order chi connectivity index (χ0) is 15.0. The first-order chi connectivity index (χ1) is 9.65. The van der Waals surface area contributed by atoms with E-state index in [0.717, 1.165) is 43.1 Å². The number of nitrogens with zero attached hydrogens (tertiary/aromatic N) is 3. The SMILES string of the molecule is CCOCCN(CCOCC)c1c(CBr)c(C)nn1C. The lowest BCUT2D eigenvalue weighted by atomic mass is 10.2. The number of aryl methyl sites for hydroxylation is 2. The zero-order valence-electron chi connectivity index (χ0n) is 13.0. The molecule has 0 saturated carbocycles. The summed E-state index contributed by atoms with van der Waals surface area (Å²) in [5.41, 5.74) is 2.30. The molecule has 20 heavy (non-hydrogen) atoms. The molecule has 0 spiro atoms. The molecule has 0 aliphatic rings. The number of hydrogen-bond donors (Lipinski definition) is 0. The van der Waals surface area contributed by atoms with Crippen molar-refractivity contribution in [1.29, 1.82) is 0 Å². The first-order valence-electron chi connectivity index (χ1n) is 7.14. The number of halogens is 1. The van der Waals surface area contributed by atoms with Gasteiger partial charge in [0.2, 0.25) is 0 Å². The van der Waals surface area contributed by atoms with Gasteiger partial charge in [0.25, 0.3) is 0 Å². The van der Waals surface area contributed by atoms with Crippen LogP contribution in [-0.2, 0) is 21.9 Å². The van der Waals surface area contributed by atoms with Gasteiger partial charge in [0, 0.05) is 44.2 Å². The monoisotopic (exact) mass is 347 g/mol. The molecule has 0 bridgehead atoms. The minimum atomic E-state index is 0.717. The fourth-order valence-corrected chi connectivity index (χ4v) is 2.86. The summed E-state index contributed by atoms with van der Waals surface area (Å²) < 4.78 is 12.9. The highest BCUT2D eigenvalue weighted by Gasteiger charge is 2.18. The Hall–Kier alpha value is -0.590. The smallest absolute Gasteiger partial charge is 0.131 e. The molecule has 0 atom stereocenters. The second kappa shape index (κ2) is 9.37. The van der Waals surface area contributed by atoms with Crippen molar-refractivity contribution in [3.63, 3.8) is 0 Å². The first-order valence-corrected chi connectivity index (χ1v) is 8.26. The van der Waals surface area contributed by atoms with E-state index in [1.165, 1.54) is 5.56 Å². The predicted molar refractivity (Wildman–Crippen MR) is 85.8 cm³/mol. The molecular formula is C14H26BrN3O2. The highest BCUT2D eigenvalue weighted by Crippen LogP contribution is 2.25. The molecule has 0 unspecified atom stereocenters. The van der Waals surface area contributed by atoms with Gasteiger partial charge in [0.1, 0.15) is 5.82 Å². The second-order valence-electron chi connectivity index (χ2n) is 4.53. The minimum absolute atomic E-state index is 0.717. The average Bonchev–Trinajstić information content (AvgIpc) is 2.71. The lowest BCUT2D eigenvalue weighted by Crippen LogP contribution is -2.33. The molecule has 0 N–H and O–H groups in total. The number of ether oxygens (including phenoxy) is 2. The van der Waals surface area contributed by atoms with E-state index in [2.05, 4.69) is 25.9 Å². The fraction of sp³-hybridized carbons (Fsp3) is 0.786. The molecule has 1 aromatic rings. The molecule has 116 valence electrons. The number of anilines is 1. The number of rotatable bonds is 10. The standard InChI is InChI=1S/C14H26BrN3O2/c1-5-19-9-7-18(8-10-20-6-2)14-13(11-15)12(3)16-17(14)4/h5-11H2,1-4H3. The highest BCUT2D eigenvalue weighted by atomic mass is 79.9. The molecule has 0 aliphatic carbocycles. The van der Waals surface area contributed by atoms with E-state index in [4.69, 9.17) is 9.47 Å². The number of alkyl halides is 1. The Labute approximate surface area is 130 Å². The maximum atomic E-state index is 5.49. The lowest BCUT2D eigenvalue weighted by Gasteiger charge is -2.25. The van der Waals surface area contributed by atoms with Crippen LogP contribution >= 0.6 is 15.9 Å². The summed E-state index contributed by atoms with van der Waals surface area (Å²) in [4.78, 5) is 2.29. The molecule has 5 nitrogen and oxygen atoms in total. The van der Waals surface area contributed by atoms with Crippen molar-refractivity contribution >= 4 is 21.7 Å². The van der Waals surface area contributed by atoms with Crippen LogP contribution in [0.5, 0.6) is 0 Å². The van der Waals surface area contributed by atoms with Gasteiger partial charge in [0.15, 0.2) is 0 Å². The van der Waals surface area contributed by atoms with Crippen molar-refractivity contribution < 1.29 is 9.47 Å². The summed E-state index contributed by atoms with van der Waals surface area (Å²) in [6.45, 7) is 10.7. The van der Waals surface area contributed by atoms with Crippen LogP contribution in [0.4, 0.5) is 5.82 Å². The van der Waals surface area contributed by atoms with E-state index >= 15 is 0 Å². The van der Waals surface area contributed by atoms with Gasteiger partial charge >= 0.3 is 0 Å². The van der Waals surface area contributed by atoms with Crippen LogP contribution in [0.3, 0.4) is 0 Å². The predicted octanol–water partition coefficient (Wildman–Crippen LogP) is 2.50. The summed E-state index contributed by atoms with van der Waals surface area (Å²) in [7, 11) is 1.99. The second-order valence-corrected chi connectivity index (χ2v) is 5.09. The summed E-state index contributed by atoms with van der Waals surface area (Å²) in [5, 5.41) is 5.33. The van der Waals surface area contributed by atoms with Gasteiger partial charge in [-0.1, -0.05) is 15.9 Å². The molecule has 6 heteroatoms. The minimum Gasteiger partial charge on any atom is -0.380 e. The highest BCUT2D eigenvalue weighted by molar-refractivity contribution is 9.08. The third-order valence-electron chi connectivity index (χ3n) is 3.17. The van der Waals surface area contributed by atoms with Gasteiger partial charge in [-0.25, -0.2) is 0 Å². The molecule has 0 aliphatic heterocycles. The average molecular weight is 348 g/mol. The molecule has 0 saturated heterocycles. The van der Waals surface area contributed by atoms with Crippen LogP contribution in [-0.4, -0.2) is 49.3 Å². The molecule has 1 heterocycles. The Morgan fingerprint density at radius 1 is 1.15 bits per heavy atom. The van der Waals surface area contributed by atoms with E-state index in [1.54, 1.807) is 0 Å². The Morgan fingerprint density at radius 3 is 2.15 bits per heavy atom. The molecule has 0 radical (unpaired) electrons. The van der Waals surface area contributed by atoms with Crippen molar-refractivity contribution in [2.75, 3.05) is 44.4 Å². The summed E-state index contributed by atoms with van der Waals surface area (Å²) >= 11 is 3.56. The Balaban J connectivity index is 2.84. The van der Waals surface area contributed by atoms with Gasteiger partial charge in [-0.05, 0) is 20.8 Å². The van der Waals surface area contributed by atoms with Crippen LogP contribution in [0.15, 0.2) is 0 Å². The Bertz CT molecular complexity index is 386. The van der Waals surface area contributed by atoms with Gasteiger partial charge < -0.3 is 14.4 Å². The quantitative estimate of drug-likeness (QED) is 0.481. The summed E-state index contributed by atoms with van der Waals surface area (Å²) in [6, 6.07) is 0. The number of aromatic nitrogens is 2. The van der Waals surface area contributed by atoms with Crippen molar-refractivity contribution in [3.8, 4) is 0 Å². The maximum Gasteiger partial charge on any atom is 0.131 e. The first kappa shape index (κ1) is 17.5. The van der Waals surface area contributed by atoms with Crippen molar-refractivity contribution in [2.24, 2.45) is 7.05 Å². The van der Waals surface area contributed by atoms with Crippen LogP contribution < -0.4 is 4.90 Å². The van der Waals surface area contributed by atoms with Gasteiger partial charge in [-0.2, -0.15) is 5.10 Å². The number of hydrogen-bond acceptors (Lipinski definition) is 4. The molecule has 1 aromatic heterocycles. The third kappa shape index (κ3) is 4.75. The van der Waals surface area contributed by atoms with Crippen molar-refractivity contribution in [2.45, 2.75) is 26.1 Å². The van der Waals surface area contributed by atoms with Gasteiger partial charge in [-0.3, -0.25) is 4.68 Å². The molecule has 0 aromatic carbocycles. The fourth-order valence-electron chi connectivity index (χ4n) is 2.20. The van der Waals surface area contributed by atoms with E-state index in [-0.39, 0.29) is 0 Å². The van der Waals surface area contributed by atoms with Crippen molar-refractivity contribution in [1.82, 2.24) is 9.78 Å². The van der Waals surface area contributed by atoms with Crippen molar-refractivity contribution in [3.05, 3.63) is 11.3 Å². The van der Waals surface area contributed by atoms with Gasteiger partial charge in [-0.15, -0.1) is 0 Å². The molecule has 0 fully saturated rings. The van der Waals surface area contributed by atoms with E-state index in [1.807, 2.05) is 32.5 Å². The van der Waals surface area contributed by atoms with E-state index in [0.29, 0.717) is 13.2 Å². The Kier molecular flexibility index (Phi) is 8.18. The normalized spacial score (nSPS) is 11.1. The topological polar surface area (TPSA) is 39.5 Å². The molecule has 0 amide bonds. The summed E-state index contributed by atoms with van der Waals surface area (Å²) in [6.07, 6.45) is 0. The van der Waals surface area contributed by atoms with Gasteiger partial charge in [0.05, 0.1) is 18.9 Å². The largest absolute Gasteiger partial charge is 0.380 e. The van der Waals surface area contributed by atoms with Crippen LogP contribution in [0.25, 0.3) is 0 Å².